The van der Waals surface area contributed by atoms with Crippen LogP contribution >= 0.6 is 11.9 Å². The number of anilines is 1. The van der Waals surface area contributed by atoms with Crippen molar-refractivity contribution in [2.45, 2.75) is 43.5 Å². The third-order valence-electron chi connectivity index (χ3n) is 3.69. The highest BCUT2D eigenvalue weighted by molar-refractivity contribution is 7.96. The fourth-order valence-electron chi connectivity index (χ4n) is 2.77. The van der Waals surface area contributed by atoms with Crippen LogP contribution in [0, 0.1) is 0 Å². The molecule has 1 aliphatic heterocycles. The Bertz CT molecular complexity index is 409. The number of rotatable bonds is 3. The molecule has 1 fully saturated rings. The van der Waals surface area contributed by atoms with Gasteiger partial charge in [-0.05, 0) is 44.4 Å². The van der Waals surface area contributed by atoms with Gasteiger partial charge in [-0.1, -0.05) is 29.6 Å². The highest BCUT2D eigenvalue weighted by Crippen LogP contribution is 2.38. The Morgan fingerprint density at radius 1 is 1.50 bits per heavy atom. The molecular formula is C14H24N2SSi. The van der Waals surface area contributed by atoms with Crippen LogP contribution in [0.25, 0.3) is 0 Å². The maximum absolute atomic E-state index is 5.82. The zero-order valence-corrected chi connectivity index (χ0v) is 14.5. The Balaban J connectivity index is 1.94. The van der Waals surface area contributed by atoms with E-state index in [4.69, 9.17) is 5.73 Å². The predicted molar refractivity (Wildman–Crippen MR) is 85.9 cm³/mol. The molecule has 4 heteroatoms. The van der Waals surface area contributed by atoms with Gasteiger partial charge in [0.05, 0.1) is 0 Å². The minimum Gasteiger partial charge on any atom is -0.399 e. The first kappa shape index (κ1) is 14.0. The fraction of sp³-hybridized carbons (Fsp3) is 0.571. The molecule has 1 saturated heterocycles. The highest BCUT2D eigenvalue weighted by atomic mass is 32.2. The van der Waals surface area contributed by atoms with Gasteiger partial charge in [-0.2, -0.15) is 0 Å². The van der Waals surface area contributed by atoms with Crippen molar-refractivity contribution in [3.05, 3.63) is 29.8 Å². The number of hydrogen-bond acceptors (Lipinski definition) is 3. The van der Waals surface area contributed by atoms with Gasteiger partial charge in [-0.25, -0.2) is 4.31 Å². The molecule has 1 atom stereocenters. The SMILES string of the molecule is CC1(C)CC([SiH3])CCN1SCc1cccc(N)c1. The van der Waals surface area contributed by atoms with Crippen molar-refractivity contribution in [2.75, 3.05) is 12.3 Å². The van der Waals surface area contributed by atoms with Gasteiger partial charge in [0, 0.05) is 33.8 Å². The van der Waals surface area contributed by atoms with E-state index in [1.807, 2.05) is 24.1 Å². The van der Waals surface area contributed by atoms with Crippen LogP contribution in [0.4, 0.5) is 5.69 Å². The summed E-state index contributed by atoms with van der Waals surface area (Å²) in [6.45, 7) is 5.99. The fourth-order valence-corrected chi connectivity index (χ4v) is 5.17. The van der Waals surface area contributed by atoms with E-state index in [9.17, 15) is 0 Å². The average molecular weight is 281 g/mol. The summed E-state index contributed by atoms with van der Waals surface area (Å²) >= 11 is 1.96. The Morgan fingerprint density at radius 2 is 2.28 bits per heavy atom. The summed E-state index contributed by atoms with van der Waals surface area (Å²) in [7, 11) is 1.34. The lowest BCUT2D eigenvalue weighted by Gasteiger charge is -2.44. The molecule has 0 bridgehead atoms. The van der Waals surface area contributed by atoms with Gasteiger partial charge in [0.2, 0.25) is 0 Å². The van der Waals surface area contributed by atoms with Crippen molar-refractivity contribution in [2.24, 2.45) is 0 Å². The molecule has 0 aromatic heterocycles. The van der Waals surface area contributed by atoms with Gasteiger partial charge in [-0.3, -0.25) is 0 Å². The summed E-state index contributed by atoms with van der Waals surface area (Å²) in [5.41, 5.74) is 9.34. The molecule has 1 heterocycles. The van der Waals surface area contributed by atoms with Crippen molar-refractivity contribution in [3.8, 4) is 0 Å². The first-order valence-electron chi connectivity index (χ1n) is 6.72. The summed E-state index contributed by atoms with van der Waals surface area (Å²) in [5.74, 6) is 1.03. The van der Waals surface area contributed by atoms with E-state index in [-0.39, 0.29) is 0 Å². The van der Waals surface area contributed by atoms with Crippen LogP contribution in [0.2, 0.25) is 5.54 Å². The van der Waals surface area contributed by atoms with Crippen LogP contribution in [0.3, 0.4) is 0 Å². The Morgan fingerprint density at radius 3 is 2.94 bits per heavy atom. The lowest BCUT2D eigenvalue weighted by molar-refractivity contribution is 0.186. The maximum atomic E-state index is 5.82. The Kier molecular flexibility index (Phi) is 4.40. The third kappa shape index (κ3) is 3.53. The summed E-state index contributed by atoms with van der Waals surface area (Å²) in [5, 5.41) is 0. The number of nitrogens with two attached hydrogens (primary N) is 1. The van der Waals surface area contributed by atoms with E-state index < -0.39 is 0 Å². The number of hydrogen-bond donors (Lipinski definition) is 1. The molecule has 18 heavy (non-hydrogen) atoms. The molecule has 1 aromatic carbocycles. The van der Waals surface area contributed by atoms with Gasteiger partial charge in [0.1, 0.15) is 0 Å². The molecular weight excluding hydrogens is 256 g/mol. The van der Waals surface area contributed by atoms with E-state index in [0.717, 1.165) is 17.0 Å². The highest BCUT2D eigenvalue weighted by Gasteiger charge is 2.33. The summed E-state index contributed by atoms with van der Waals surface area (Å²) in [4.78, 5) is 0. The first-order valence-corrected chi connectivity index (χ1v) is 8.82. The van der Waals surface area contributed by atoms with Crippen LogP contribution in [-0.2, 0) is 5.75 Å². The second kappa shape index (κ2) is 5.68. The van der Waals surface area contributed by atoms with E-state index in [2.05, 4.69) is 30.3 Å². The van der Waals surface area contributed by atoms with E-state index in [1.165, 1.54) is 35.2 Å². The van der Waals surface area contributed by atoms with Crippen LogP contribution < -0.4 is 5.73 Å². The van der Waals surface area contributed by atoms with Gasteiger partial charge >= 0.3 is 0 Å². The Hall–Kier alpha value is -0.453. The van der Waals surface area contributed by atoms with E-state index in [1.54, 1.807) is 0 Å². The van der Waals surface area contributed by atoms with E-state index >= 15 is 0 Å². The summed E-state index contributed by atoms with van der Waals surface area (Å²) in [6, 6.07) is 8.24. The van der Waals surface area contributed by atoms with Crippen molar-refractivity contribution < 1.29 is 0 Å². The lowest BCUT2D eigenvalue weighted by Crippen LogP contribution is -2.44. The normalized spacial score (nSPS) is 24.2. The smallest absolute Gasteiger partial charge is 0.0333 e. The molecule has 0 spiro atoms. The van der Waals surface area contributed by atoms with Crippen molar-refractivity contribution in [3.63, 3.8) is 0 Å². The standard InChI is InChI=1S/C14H24N2SSi/c1-14(2)9-13(18)6-7-16(14)17-10-11-4-3-5-12(15)8-11/h3-5,8,13H,6-7,9-10,15H2,1-2,18H3. The lowest BCUT2D eigenvalue weighted by atomic mass is 9.93. The zero-order valence-electron chi connectivity index (χ0n) is 11.6. The molecule has 100 valence electrons. The quantitative estimate of drug-likeness (QED) is 0.524. The number of piperidine rings is 1. The molecule has 1 aliphatic rings. The van der Waals surface area contributed by atoms with Gasteiger partial charge < -0.3 is 5.73 Å². The molecule has 0 saturated carbocycles. The van der Waals surface area contributed by atoms with Gasteiger partial charge in [0.15, 0.2) is 0 Å². The third-order valence-corrected chi connectivity index (χ3v) is 6.12. The minimum absolute atomic E-state index is 0.343. The topological polar surface area (TPSA) is 29.3 Å². The van der Waals surface area contributed by atoms with Crippen molar-refractivity contribution in [1.29, 1.82) is 0 Å². The van der Waals surface area contributed by atoms with Crippen LogP contribution in [0.15, 0.2) is 24.3 Å². The van der Waals surface area contributed by atoms with Crippen LogP contribution in [0.1, 0.15) is 32.3 Å². The minimum atomic E-state index is 0.343. The number of nitrogens with zero attached hydrogens (tertiary/aromatic N) is 1. The molecule has 2 N–H and O–H groups in total. The number of nitrogen functional groups attached to an aromatic ring is 1. The average Bonchev–Trinajstić information content (AvgIpc) is 2.26. The monoisotopic (exact) mass is 280 g/mol. The maximum Gasteiger partial charge on any atom is 0.0333 e. The molecule has 1 unspecified atom stereocenters. The second-order valence-electron chi connectivity index (χ2n) is 6.03. The summed E-state index contributed by atoms with van der Waals surface area (Å²) in [6.07, 6.45) is 2.72. The molecule has 2 nitrogen and oxygen atoms in total. The molecule has 1 aromatic rings. The van der Waals surface area contributed by atoms with Crippen LogP contribution in [-0.4, -0.2) is 26.6 Å². The molecule has 2 rings (SSSR count). The van der Waals surface area contributed by atoms with Crippen molar-refractivity contribution in [1.82, 2.24) is 4.31 Å². The molecule has 0 radical (unpaired) electrons. The second-order valence-corrected chi connectivity index (χ2v) is 8.65. The largest absolute Gasteiger partial charge is 0.399 e. The Labute approximate surface area is 118 Å². The predicted octanol–water partition coefficient (Wildman–Crippen LogP) is 2.45. The van der Waals surface area contributed by atoms with E-state index in [0.29, 0.717) is 5.54 Å². The number of benzene rings is 1. The summed E-state index contributed by atoms with van der Waals surface area (Å²) < 4.78 is 2.57. The van der Waals surface area contributed by atoms with Gasteiger partial charge in [0.25, 0.3) is 0 Å². The van der Waals surface area contributed by atoms with Crippen molar-refractivity contribution >= 4 is 27.9 Å². The van der Waals surface area contributed by atoms with Gasteiger partial charge in [-0.15, -0.1) is 0 Å². The zero-order chi connectivity index (χ0) is 13.2. The molecule has 0 aliphatic carbocycles. The van der Waals surface area contributed by atoms with Crippen LogP contribution in [0.5, 0.6) is 0 Å². The first-order chi connectivity index (χ1) is 8.47. The molecule has 0 amide bonds.